The number of aliphatic hydroxyl groups excluding tert-OH is 1. The number of unbranched alkanes of at least 4 members (excludes halogenated alkanes) is 59. The van der Waals surface area contributed by atoms with Gasteiger partial charge in [0.2, 0.25) is 0 Å². The summed E-state index contributed by atoms with van der Waals surface area (Å²) < 4.78 is 69.0. The van der Waals surface area contributed by atoms with Gasteiger partial charge in [-0.25, -0.2) is 9.13 Å². The van der Waals surface area contributed by atoms with Crippen LogP contribution in [-0.4, -0.2) is 96.7 Å². The molecule has 0 aliphatic carbocycles. The average molecular weight is 1560 g/mol. The van der Waals surface area contributed by atoms with E-state index in [-0.39, 0.29) is 25.7 Å². The molecule has 0 aliphatic rings. The Hall–Kier alpha value is -1.94. The predicted octanol–water partition coefficient (Wildman–Crippen LogP) is 27.2. The van der Waals surface area contributed by atoms with E-state index in [1.165, 1.54) is 302 Å². The molecule has 0 rings (SSSR count). The monoisotopic (exact) mass is 1560 g/mol. The maximum absolute atomic E-state index is 13.2. The largest absolute Gasteiger partial charge is 0.472 e. The molecule has 107 heavy (non-hydrogen) atoms. The van der Waals surface area contributed by atoms with Crippen molar-refractivity contribution in [3.63, 3.8) is 0 Å². The molecule has 0 radical (unpaired) electrons. The highest BCUT2D eigenvalue weighted by molar-refractivity contribution is 7.47. The lowest BCUT2D eigenvalue weighted by Crippen LogP contribution is -2.30. The number of aliphatic hydroxyl groups is 1. The first-order valence-electron chi connectivity index (χ1n) is 45.7. The van der Waals surface area contributed by atoms with Gasteiger partial charge >= 0.3 is 39.5 Å². The SMILES string of the molecule is CCCCCCCCCCCCCCCCCCCC(=O)OC[C@H](COP(=O)(O)OC[C@@H](O)COP(=O)(O)OC[C@@H](COC(=O)CCCCCCCCCCCCCC)OC(=O)CCCCCCCCCCCCCCCCCC)OC(=O)CCCCCCCCCCCCCCCCCCCCC(C)CC. The molecular formula is C88H172O17P2. The molecule has 636 valence electrons. The molecule has 3 unspecified atom stereocenters. The van der Waals surface area contributed by atoms with Gasteiger partial charge in [0.25, 0.3) is 0 Å². The molecule has 0 saturated carbocycles. The minimum atomic E-state index is -4.97. The van der Waals surface area contributed by atoms with Gasteiger partial charge in [-0.1, -0.05) is 426 Å². The molecule has 0 aromatic rings. The van der Waals surface area contributed by atoms with Gasteiger partial charge in [0.05, 0.1) is 26.4 Å². The van der Waals surface area contributed by atoms with Crippen molar-refractivity contribution >= 4 is 39.5 Å². The second-order valence-corrected chi connectivity index (χ2v) is 34.8. The Labute approximate surface area is 658 Å². The van der Waals surface area contributed by atoms with Crippen molar-refractivity contribution in [3.05, 3.63) is 0 Å². The fourth-order valence-electron chi connectivity index (χ4n) is 13.8. The van der Waals surface area contributed by atoms with Crippen LogP contribution < -0.4 is 0 Å². The number of hydrogen-bond acceptors (Lipinski definition) is 15. The summed E-state index contributed by atoms with van der Waals surface area (Å²) in [5.41, 5.74) is 0. The molecule has 0 aliphatic heterocycles. The Kier molecular flexibility index (Phi) is 79.2. The number of ether oxygens (including phenoxy) is 4. The minimum Gasteiger partial charge on any atom is -0.462 e. The Balaban J connectivity index is 5.24. The summed E-state index contributed by atoms with van der Waals surface area (Å²) in [6.45, 7) is 7.45. The van der Waals surface area contributed by atoms with Gasteiger partial charge in [0.1, 0.15) is 19.3 Å². The number of carbonyl (C=O) groups is 4. The van der Waals surface area contributed by atoms with Crippen LogP contribution in [0.15, 0.2) is 0 Å². The molecular weight excluding hydrogens is 1390 g/mol. The highest BCUT2D eigenvalue weighted by Gasteiger charge is 2.30. The lowest BCUT2D eigenvalue weighted by molar-refractivity contribution is -0.161. The van der Waals surface area contributed by atoms with E-state index in [1.807, 2.05) is 0 Å². The lowest BCUT2D eigenvalue weighted by Gasteiger charge is -2.21. The molecule has 0 aromatic heterocycles. The average Bonchev–Trinajstić information content (AvgIpc) is 0.902. The molecule has 19 heteroatoms. The quantitative estimate of drug-likeness (QED) is 0.0222. The van der Waals surface area contributed by atoms with Crippen molar-refractivity contribution < 1.29 is 80.2 Å². The van der Waals surface area contributed by atoms with Gasteiger partial charge < -0.3 is 33.8 Å². The van der Waals surface area contributed by atoms with E-state index >= 15 is 0 Å². The summed E-state index contributed by atoms with van der Waals surface area (Å²) in [5, 5.41) is 10.7. The van der Waals surface area contributed by atoms with E-state index in [0.29, 0.717) is 25.7 Å². The summed E-state index contributed by atoms with van der Waals surface area (Å²) in [7, 11) is -9.93. The van der Waals surface area contributed by atoms with E-state index in [1.54, 1.807) is 0 Å². The number of hydrogen-bond donors (Lipinski definition) is 3. The molecule has 0 fully saturated rings. The van der Waals surface area contributed by atoms with Crippen molar-refractivity contribution in [2.24, 2.45) is 5.92 Å². The van der Waals surface area contributed by atoms with Gasteiger partial charge in [-0.2, -0.15) is 0 Å². The van der Waals surface area contributed by atoms with Crippen LogP contribution in [0, 0.1) is 5.92 Å². The van der Waals surface area contributed by atoms with Gasteiger partial charge in [0, 0.05) is 25.7 Å². The van der Waals surface area contributed by atoms with Gasteiger partial charge in [-0.05, 0) is 31.6 Å². The second kappa shape index (κ2) is 80.7. The molecule has 3 N–H and O–H groups in total. The fraction of sp³-hybridized carbons (Fsp3) is 0.955. The molecule has 0 aromatic carbocycles. The molecule has 0 saturated heterocycles. The maximum Gasteiger partial charge on any atom is 0.472 e. The van der Waals surface area contributed by atoms with Gasteiger partial charge in [0.15, 0.2) is 12.2 Å². The van der Waals surface area contributed by atoms with E-state index < -0.39 is 97.5 Å². The first kappa shape index (κ1) is 105. The fourth-order valence-corrected chi connectivity index (χ4v) is 15.4. The summed E-state index contributed by atoms with van der Waals surface area (Å²) >= 11 is 0. The third-order valence-electron chi connectivity index (χ3n) is 21.1. The highest BCUT2D eigenvalue weighted by atomic mass is 31.2. The van der Waals surface area contributed by atoms with Crippen molar-refractivity contribution in [1.29, 1.82) is 0 Å². The van der Waals surface area contributed by atoms with Crippen LogP contribution >= 0.6 is 15.6 Å². The molecule has 17 nitrogen and oxygen atoms in total. The van der Waals surface area contributed by atoms with E-state index in [9.17, 15) is 43.2 Å². The van der Waals surface area contributed by atoms with E-state index in [2.05, 4.69) is 34.6 Å². The van der Waals surface area contributed by atoms with Crippen LogP contribution in [0.5, 0.6) is 0 Å². The van der Waals surface area contributed by atoms with Crippen molar-refractivity contribution in [2.45, 2.75) is 496 Å². The zero-order valence-electron chi connectivity index (χ0n) is 70.3. The number of carbonyl (C=O) groups excluding carboxylic acids is 4. The summed E-state index contributed by atoms with van der Waals surface area (Å²) in [6.07, 6.45) is 74.8. The third-order valence-corrected chi connectivity index (χ3v) is 23.0. The number of esters is 4. The third kappa shape index (κ3) is 80.5. The topological polar surface area (TPSA) is 237 Å². The number of rotatable bonds is 88. The molecule has 0 heterocycles. The standard InChI is InChI=1S/C88H172O17P2/c1-6-10-13-16-19-22-25-28-30-34-39-42-47-52-57-62-67-72-86(91)99-78-84(105-88(93)74-69-64-59-54-49-44-40-36-33-32-35-37-41-45-50-55-60-65-70-81(5)9-4)80-103-107(96,97)101-76-82(89)75-100-106(94,95)102-79-83(77-98-85(90)71-66-61-56-51-46-27-24-21-18-15-12-8-3)104-87(92)73-68-63-58-53-48-43-38-31-29-26-23-20-17-14-11-7-2/h81-84,89H,6-80H2,1-5H3,(H,94,95)(H,96,97)/t81?,82-,83+,84+/m0/s1. The van der Waals surface area contributed by atoms with E-state index in [0.717, 1.165) is 95.8 Å². The predicted molar refractivity (Wildman–Crippen MR) is 442 cm³/mol. The number of phosphoric acid groups is 2. The zero-order chi connectivity index (χ0) is 78.3. The first-order chi connectivity index (χ1) is 52.1. The summed E-state index contributed by atoms with van der Waals surface area (Å²) in [4.78, 5) is 73.3. The van der Waals surface area contributed by atoms with Crippen molar-refractivity contribution in [1.82, 2.24) is 0 Å². The Morgan fingerprint density at radius 1 is 0.262 bits per heavy atom. The molecule has 0 spiro atoms. The summed E-state index contributed by atoms with van der Waals surface area (Å²) in [5.74, 6) is -1.22. The van der Waals surface area contributed by atoms with Gasteiger partial charge in [-0.3, -0.25) is 37.3 Å². The van der Waals surface area contributed by atoms with Crippen molar-refractivity contribution in [3.8, 4) is 0 Å². The van der Waals surface area contributed by atoms with Crippen LogP contribution in [-0.2, 0) is 65.4 Å². The normalized spacial score (nSPS) is 14.0. The van der Waals surface area contributed by atoms with Crippen LogP contribution in [0.2, 0.25) is 0 Å². The smallest absolute Gasteiger partial charge is 0.462 e. The van der Waals surface area contributed by atoms with Crippen molar-refractivity contribution in [2.75, 3.05) is 39.6 Å². The first-order valence-corrected chi connectivity index (χ1v) is 48.7. The molecule has 0 amide bonds. The van der Waals surface area contributed by atoms with Crippen LogP contribution in [0.4, 0.5) is 0 Å². The molecule has 6 atom stereocenters. The Bertz CT molecular complexity index is 2030. The summed E-state index contributed by atoms with van der Waals surface area (Å²) in [6, 6.07) is 0. The van der Waals surface area contributed by atoms with Crippen LogP contribution in [0.3, 0.4) is 0 Å². The molecule has 0 bridgehead atoms. The Morgan fingerprint density at radius 2 is 0.449 bits per heavy atom. The number of phosphoric ester groups is 2. The lowest BCUT2D eigenvalue weighted by atomic mass is 9.99. The van der Waals surface area contributed by atoms with Crippen LogP contribution in [0.25, 0.3) is 0 Å². The highest BCUT2D eigenvalue weighted by Crippen LogP contribution is 2.45. The zero-order valence-corrected chi connectivity index (χ0v) is 72.1. The van der Waals surface area contributed by atoms with E-state index in [4.69, 9.17) is 37.0 Å². The Morgan fingerprint density at radius 3 is 0.664 bits per heavy atom. The van der Waals surface area contributed by atoms with Crippen LogP contribution in [0.1, 0.15) is 478 Å². The minimum absolute atomic E-state index is 0.109. The maximum atomic E-state index is 13.2. The van der Waals surface area contributed by atoms with Gasteiger partial charge in [-0.15, -0.1) is 0 Å². The second-order valence-electron chi connectivity index (χ2n) is 31.9.